The minimum Gasteiger partial charge on any atom is -0.315 e. The van der Waals surface area contributed by atoms with Crippen LogP contribution < -0.4 is 5.32 Å². The van der Waals surface area contributed by atoms with E-state index in [-0.39, 0.29) is 17.3 Å². The number of carbonyl (C=O) groups excluding carboxylic acids is 1. The number of nitro groups is 1. The Morgan fingerprint density at radius 2 is 2.35 bits per heavy atom. The minimum absolute atomic E-state index is 0.122. The lowest BCUT2D eigenvalue weighted by molar-refractivity contribution is -0.385. The third-order valence-corrected chi connectivity index (χ3v) is 5.89. The maximum atomic E-state index is 12.6. The number of aromatic nitrogens is 2. The highest BCUT2D eigenvalue weighted by Gasteiger charge is 2.27. The van der Waals surface area contributed by atoms with Crippen LogP contribution in [0.25, 0.3) is 0 Å². The second kappa shape index (κ2) is 6.88. The molecule has 9 heteroatoms. The number of nitrogens with one attached hydrogen (secondary N) is 1. The average Bonchev–Trinajstić information content (AvgIpc) is 3.13. The summed E-state index contributed by atoms with van der Waals surface area (Å²) in [5.41, 5.74) is 1.72. The molecule has 3 rings (SSSR count). The number of fused-ring (bicyclic) bond motifs is 1. The topological polar surface area (TPSA) is 114 Å². The standard InChI is InChI=1S/C17H19N5O3S/c1-9-4-5-12-13(7-18)17(26-15(12)6-9)19-16(23)11(3)21-8-14(22(24)25)10(2)20-21/h8-9,11H,4-6H2,1-3H3,(H,19,23). The Labute approximate surface area is 154 Å². The number of hydrogen-bond acceptors (Lipinski definition) is 6. The van der Waals surface area contributed by atoms with Gasteiger partial charge in [0.05, 0.1) is 10.5 Å². The van der Waals surface area contributed by atoms with Gasteiger partial charge in [-0.25, -0.2) is 0 Å². The molecule has 1 amide bonds. The monoisotopic (exact) mass is 373 g/mol. The van der Waals surface area contributed by atoms with Crippen LogP contribution in [0.3, 0.4) is 0 Å². The predicted molar refractivity (Wildman–Crippen MR) is 97.2 cm³/mol. The number of thiophene rings is 1. The van der Waals surface area contributed by atoms with Crippen molar-refractivity contribution in [1.82, 2.24) is 9.78 Å². The summed E-state index contributed by atoms with van der Waals surface area (Å²) in [5, 5.41) is 27.9. The van der Waals surface area contributed by atoms with Gasteiger partial charge in [0.25, 0.3) is 0 Å². The Kier molecular flexibility index (Phi) is 4.78. The van der Waals surface area contributed by atoms with Crippen molar-refractivity contribution in [2.75, 3.05) is 5.32 Å². The number of nitriles is 1. The van der Waals surface area contributed by atoms with Crippen molar-refractivity contribution >= 4 is 27.9 Å². The maximum absolute atomic E-state index is 12.6. The van der Waals surface area contributed by atoms with E-state index in [1.807, 2.05) is 0 Å². The van der Waals surface area contributed by atoms with Crippen molar-refractivity contribution in [3.63, 3.8) is 0 Å². The zero-order valence-electron chi connectivity index (χ0n) is 14.8. The first-order valence-electron chi connectivity index (χ1n) is 8.37. The number of hydrogen-bond donors (Lipinski definition) is 1. The van der Waals surface area contributed by atoms with Crippen molar-refractivity contribution < 1.29 is 9.72 Å². The molecule has 2 unspecified atom stereocenters. The lowest BCUT2D eigenvalue weighted by atomic mass is 9.88. The Balaban J connectivity index is 1.83. The predicted octanol–water partition coefficient (Wildman–Crippen LogP) is 3.36. The molecule has 1 aliphatic rings. The Morgan fingerprint density at radius 1 is 1.62 bits per heavy atom. The first-order chi connectivity index (χ1) is 12.3. The van der Waals surface area contributed by atoms with Crippen molar-refractivity contribution in [3.8, 4) is 6.07 Å². The summed E-state index contributed by atoms with van der Waals surface area (Å²) in [6, 6.07) is 1.49. The molecule has 0 fully saturated rings. The van der Waals surface area contributed by atoms with Gasteiger partial charge in [0.15, 0.2) is 0 Å². The van der Waals surface area contributed by atoms with Crippen LogP contribution >= 0.6 is 11.3 Å². The van der Waals surface area contributed by atoms with Gasteiger partial charge in [-0.3, -0.25) is 19.6 Å². The van der Waals surface area contributed by atoms with Crippen LogP contribution in [0, 0.1) is 34.3 Å². The number of carbonyl (C=O) groups is 1. The summed E-state index contributed by atoms with van der Waals surface area (Å²) in [6.07, 6.45) is 4.07. The summed E-state index contributed by atoms with van der Waals surface area (Å²) in [6.45, 7) is 5.33. The second-order valence-corrected chi connectivity index (χ2v) is 7.77. The average molecular weight is 373 g/mol. The van der Waals surface area contributed by atoms with Gasteiger partial charge in [0, 0.05) is 4.88 Å². The molecule has 1 aliphatic carbocycles. The van der Waals surface area contributed by atoms with E-state index >= 15 is 0 Å². The normalized spacial score (nSPS) is 17.2. The van der Waals surface area contributed by atoms with Gasteiger partial charge in [-0.05, 0) is 44.6 Å². The van der Waals surface area contributed by atoms with Crippen molar-refractivity contribution in [2.24, 2.45) is 5.92 Å². The van der Waals surface area contributed by atoms with Gasteiger partial charge in [-0.2, -0.15) is 10.4 Å². The van der Waals surface area contributed by atoms with Gasteiger partial charge in [0.2, 0.25) is 5.91 Å². The Bertz CT molecular complexity index is 924. The van der Waals surface area contributed by atoms with Crippen LogP contribution in [-0.4, -0.2) is 20.6 Å². The third-order valence-electron chi connectivity index (χ3n) is 4.72. The molecule has 8 nitrogen and oxygen atoms in total. The smallest absolute Gasteiger partial charge is 0.309 e. The van der Waals surface area contributed by atoms with E-state index in [4.69, 9.17) is 0 Å². The number of nitrogens with zero attached hydrogens (tertiary/aromatic N) is 4. The summed E-state index contributed by atoms with van der Waals surface area (Å²) in [7, 11) is 0. The second-order valence-electron chi connectivity index (χ2n) is 6.67. The van der Waals surface area contributed by atoms with Crippen LogP contribution in [0.4, 0.5) is 10.7 Å². The van der Waals surface area contributed by atoms with Gasteiger partial charge >= 0.3 is 5.69 Å². The first kappa shape index (κ1) is 18.1. The molecular formula is C17H19N5O3S. The van der Waals surface area contributed by atoms with Crippen LogP contribution in [0.2, 0.25) is 0 Å². The van der Waals surface area contributed by atoms with Gasteiger partial charge in [-0.1, -0.05) is 6.92 Å². The van der Waals surface area contributed by atoms with Gasteiger partial charge in [-0.15, -0.1) is 11.3 Å². The molecule has 2 aromatic heterocycles. The molecule has 0 aromatic carbocycles. The first-order valence-corrected chi connectivity index (χ1v) is 9.19. The third kappa shape index (κ3) is 3.20. The molecule has 2 aromatic rings. The largest absolute Gasteiger partial charge is 0.315 e. The van der Waals surface area contributed by atoms with E-state index in [2.05, 4.69) is 23.4 Å². The Morgan fingerprint density at radius 3 is 2.96 bits per heavy atom. The number of aryl methyl sites for hydroxylation is 1. The minimum atomic E-state index is -0.730. The van der Waals surface area contributed by atoms with Crippen molar-refractivity contribution in [3.05, 3.63) is 38.0 Å². The summed E-state index contributed by atoms with van der Waals surface area (Å²) >= 11 is 1.45. The highest BCUT2D eigenvalue weighted by atomic mass is 32.1. The zero-order valence-corrected chi connectivity index (χ0v) is 15.6. The number of rotatable bonds is 4. The molecule has 136 valence electrons. The van der Waals surface area contributed by atoms with Crippen molar-refractivity contribution in [1.29, 1.82) is 5.26 Å². The van der Waals surface area contributed by atoms with E-state index < -0.39 is 11.0 Å². The molecule has 2 heterocycles. The zero-order chi connectivity index (χ0) is 19.0. The van der Waals surface area contributed by atoms with Gasteiger partial charge < -0.3 is 5.32 Å². The molecule has 0 bridgehead atoms. The van der Waals surface area contributed by atoms with E-state index in [1.165, 1.54) is 29.1 Å². The molecule has 0 saturated heterocycles. The van der Waals surface area contributed by atoms with Crippen LogP contribution in [0.1, 0.15) is 48.0 Å². The summed E-state index contributed by atoms with van der Waals surface area (Å²) < 4.78 is 1.28. The fourth-order valence-corrected chi connectivity index (χ4v) is 4.51. The van der Waals surface area contributed by atoms with E-state index in [9.17, 15) is 20.2 Å². The van der Waals surface area contributed by atoms with Crippen LogP contribution in [-0.2, 0) is 17.6 Å². The highest BCUT2D eigenvalue weighted by Crippen LogP contribution is 2.39. The van der Waals surface area contributed by atoms with Crippen molar-refractivity contribution in [2.45, 2.75) is 46.1 Å². The quantitative estimate of drug-likeness (QED) is 0.652. The molecule has 0 saturated carbocycles. The van der Waals surface area contributed by atoms with Crippen LogP contribution in [0.5, 0.6) is 0 Å². The van der Waals surface area contributed by atoms with E-state index in [0.717, 1.165) is 29.7 Å². The number of anilines is 1. The van der Waals surface area contributed by atoms with Crippen LogP contribution in [0.15, 0.2) is 6.20 Å². The molecule has 2 atom stereocenters. The molecule has 1 N–H and O–H groups in total. The SMILES string of the molecule is Cc1nn(C(C)C(=O)Nc2sc3c(c2C#N)CCC(C)C3)cc1[N+](=O)[O-]. The molecular weight excluding hydrogens is 354 g/mol. The lowest BCUT2D eigenvalue weighted by Crippen LogP contribution is -2.24. The lowest BCUT2D eigenvalue weighted by Gasteiger charge is -2.17. The summed E-state index contributed by atoms with van der Waals surface area (Å²) in [4.78, 5) is 24.2. The fourth-order valence-electron chi connectivity index (χ4n) is 3.14. The number of amides is 1. The molecule has 26 heavy (non-hydrogen) atoms. The highest BCUT2D eigenvalue weighted by molar-refractivity contribution is 7.16. The van der Waals surface area contributed by atoms with Gasteiger partial charge in [0.1, 0.15) is 29.0 Å². The summed E-state index contributed by atoms with van der Waals surface area (Å²) in [5.74, 6) is 0.216. The molecule has 0 radical (unpaired) electrons. The molecule has 0 aliphatic heterocycles. The maximum Gasteiger partial charge on any atom is 0.309 e. The fraction of sp³-hybridized carbons (Fsp3) is 0.471. The molecule has 0 spiro atoms. The Hall–Kier alpha value is -2.73. The van der Waals surface area contributed by atoms with E-state index in [1.54, 1.807) is 6.92 Å². The van der Waals surface area contributed by atoms with E-state index in [0.29, 0.717) is 16.5 Å².